The summed E-state index contributed by atoms with van der Waals surface area (Å²) < 4.78 is 34.7. The molecule has 4 atom stereocenters. The lowest BCUT2D eigenvalue weighted by molar-refractivity contribution is -0.0177. The van der Waals surface area contributed by atoms with Crippen LogP contribution in [0.15, 0.2) is 54.6 Å². The molecule has 0 aliphatic carbocycles. The molecule has 13 nitrogen and oxygen atoms in total. The molecule has 6 rings (SSSR count). The minimum absolute atomic E-state index is 0.0813. The first-order valence-electron chi connectivity index (χ1n) is 17.6. The minimum Gasteiger partial charge on any atom is -0.490 e. The zero-order valence-corrected chi connectivity index (χ0v) is 29.7. The molecule has 0 bridgehead atoms. The van der Waals surface area contributed by atoms with E-state index in [2.05, 4.69) is 29.5 Å². The van der Waals surface area contributed by atoms with Crippen molar-refractivity contribution < 1.29 is 43.1 Å². The lowest BCUT2D eigenvalue weighted by Gasteiger charge is -2.36. The first-order chi connectivity index (χ1) is 24.7. The van der Waals surface area contributed by atoms with E-state index < -0.39 is 12.1 Å². The monoisotopic (exact) mass is 704 g/mol. The van der Waals surface area contributed by atoms with E-state index in [-0.39, 0.29) is 44.2 Å². The van der Waals surface area contributed by atoms with E-state index in [1.165, 1.54) is 0 Å². The number of hydrogen-bond donors (Lipinski definition) is 3. The van der Waals surface area contributed by atoms with Crippen molar-refractivity contribution in [3.63, 3.8) is 0 Å². The molecule has 0 radical (unpaired) electrons. The fourth-order valence-corrected chi connectivity index (χ4v) is 6.45. The quantitative estimate of drug-likeness (QED) is 0.267. The SMILES string of the molecule is C[C@@H]1CCCCO[C@H](CN(C)Cc2ccc3c(c2)OCO3)[C@H](C)CN([C@H](C)CO)C(=O)c2cc(NC(=O)Nc3ccc4c(c3)OCO4)ccc2O1. The van der Waals surface area contributed by atoms with Gasteiger partial charge in [-0.2, -0.15) is 0 Å². The second-order valence-electron chi connectivity index (χ2n) is 13.5. The Morgan fingerprint density at radius 3 is 2.27 bits per heavy atom. The predicted molar refractivity (Wildman–Crippen MR) is 191 cm³/mol. The zero-order valence-electron chi connectivity index (χ0n) is 29.7. The normalized spacial score (nSPS) is 21.0. The third kappa shape index (κ3) is 9.15. The molecule has 3 N–H and O–H groups in total. The molecule has 13 heteroatoms. The summed E-state index contributed by atoms with van der Waals surface area (Å²) in [6.45, 7) is 8.25. The molecular formula is C38H48N4O9. The summed E-state index contributed by atoms with van der Waals surface area (Å²) >= 11 is 0. The molecule has 0 unspecified atom stereocenters. The number of aliphatic hydroxyl groups excluding tert-OH is 1. The van der Waals surface area contributed by atoms with Gasteiger partial charge in [-0.05, 0) is 88.2 Å². The van der Waals surface area contributed by atoms with Crippen molar-refractivity contribution in [2.45, 2.75) is 64.8 Å². The molecule has 0 saturated carbocycles. The van der Waals surface area contributed by atoms with Crippen molar-refractivity contribution in [2.24, 2.45) is 5.92 Å². The second kappa shape index (κ2) is 16.5. The van der Waals surface area contributed by atoms with Crippen molar-refractivity contribution in [1.29, 1.82) is 0 Å². The van der Waals surface area contributed by atoms with Crippen LogP contribution in [-0.2, 0) is 11.3 Å². The number of amides is 3. The number of hydrogen-bond acceptors (Lipinski definition) is 10. The number of anilines is 2. The number of aliphatic hydroxyl groups is 1. The minimum atomic E-state index is -0.490. The molecule has 0 spiro atoms. The Morgan fingerprint density at radius 2 is 1.55 bits per heavy atom. The summed E-state index contributed by atoms with van der Waals surface area (Å²) in [5.74, 6) is 2.69. The molecule has 0 aromatic heterocycles. The summed E-state index contributed by atoms with van der Waals surface area (Å²) in [4.78, 5) is 31.4. The van der Waals surface area contributed by atoms with Gasteiger partial charge in [0.2, 0.25) is 13.6 Å². The number of carbonyl (C=O) groups is 2. The van der Waals surface area contributed by atoms with Crippen LogP contribution in [0.1, 0.15) is 56.0 Å². The third-order valence-electron chi connectivity index (χ3n) is 9.32. The molecule has 3 heterocycles. The standard InChI is InChI=1S/C38H48N4O9/c1-24-18-42(25(2)21-43)37(44)30-16-28(39-38(45)40-29-10-13-33-35(17-29)50-23-48-33)9-12-31(30)51-26(3)7-5-6-14-46-36(24)20-41(4)19-27-8-11-32-34(15-27)49-22-47-32/h8-13,15-17,24-26,36,43H,5-7,14,18-23H2,1-4H3,(H2,39,40,45)/t24-,25-,26-,36-/m1/s1. The highest BCUT2D eigenvalue weighted by atomic mass is 16.7. The molecule has 3 aliphatic rings. The maximum absolute atomic E-state index is 14.5. The average Bonchev–Trinajstić information content (AvgIpc) is 3.78. The van der Waals surface area contributed by atoms with E-state index in [0.717, 1.165) is 36.3 Å². The summed E-state index contributed by atoms with van der Waals surface area (Å²) in [5.41, 5.74) is 2.33. The van der Waals surface area contributed by atoms with E-state index >= 15 is 0 Å². The van der Waals surface area contributed by atoms with Crippen LogP contribution in [0, 0.1) is 5.92 Å². The topological polar surface area (TPSA) is 140 Å². The van der Waals surface area contributed by atoms with E-state index in [0.29, 0.717) is 60.4 Å². The van der Waals surface area contributed by atoms with Gasteiger partial charge in [-0.15, -0.1) is 0 Å². The van der Waals surface area contributed by atoms with Crippen molar-refractivity contribution in [3.05, 3.63) is 65.7 Å². The first kappa shape index (κ1) is 36.1. The fraction of sp³-hybridized carbons (Fsp3) is 0.474. The van der Waals surface area contributed by atoms with Gasteiger partial charge < -0.3 is 49.1 Å². The number of fused-ring (bicyclic) bond motifs is 3. The number of carbonyl (C=O) groups excluding carboxylic acids is 2. The lowest BCUT2D eigenvalue weighted by atomic mass is 10.0. The van der Waals surface area contributed by atoms with Crippen LogP contribution in [0.2, 0.25) is 0 Å². The molecule has 274 valence electrons. The Bertz CT molecular complexity index is 1690. The summed E-state index contributed by atoms with van der Waals surface area (Å²) in [5, 5.41) is 15.9. The van der Waals surface area contributed by atoms with Gasteiger partial charge in [-0.1, -0.05) is 13.0 Å². The Labute approximate surface area is 298 Å². The maximum atomic E-state index is 14.5. The van der Waals surface area contributed by atoms with Crippen LogP contribution in [0.25, 0.3) is 0 Å². The van der Waals surface area contributed by atoms with Crippen molar-refractivity contribution in [2.75, 3.05) is 57.6 Å². The zero-order chi connectivity index (χ0) is 35.9. The molecule has 3 aliphatic heterocycles. The van der Waals surface area contributed by atoms with Gasteiger partial charge in [0.05, 0.1) is 30.4 Å². The lowest BCUT2D eigenvalue weighted by Crippen LogP contribution is -2.47. The molecule has 0 fully saturated rings. The average molecular weight is 705 g/mol. The largest absolute Gasteiger partial charge is 0.490 e. The molecular weight excluding hydrogens is 656 g/mol. The maximum Gasteiger partial charge on any atom is 0.323 e. The Balaban J connectivity index is 1.20. The van der Waals surface area contributed by atoms with Gasteiger partial charge in [0.15, 0.2) is 23.0 Å². The number of ether oxygens (including phenoxy) is 6. The van der Waals surface area contributed by atoms with Crippen molar-refractivity contribution >= 4 is 23.3 Å². The van der Waals surface area contributed by atoms with Gasteiger partial charge in [0.25, 0.3) is 5.91 Å². The number of rotatable bonds is 8. The highest BCUT2D eigenvalue weighted by Gasteiger charge is 2.31. The molecule has 3 amide bonds. The van der Waals surface area contributed by atoms with Crippen LogP contribution in [0.5, 0.6) is 28.7 Å². The van der Waals surface area contributed by atoms with Gasteiger partial charge in [0.1, 0.15) is 5.75 Å². The van der Waals surface area contributed by atoms with Gasteiger partial charge in [0, 0.05) is 49.6 Å². The molecule has 0 saturated heterocycles. The van der Waals surface area contributed by atoms with Crippen LogP contribution in [0.3, 0.4) is 0 Å². The van der Waals surface area contributed by atoms with E-state index in [1.807, 2.05) is 32.0 Å². The summed E-state index contributed by atoms with van der Waals surface area (Å²) in [6.07, 6.45) is 2.18. The van der Waals surface area contributed by atoms with Gasteiger partial charge >= 0.3 is 6.03 Å². The van der Waals surface area contributed by atoms with E-state index in [9.17, 15) is 14.7 Å². The van der Waals surface area contributed by atoms with E-state index in [1.54, 1.807) is 41.3 Å². The fourth-order valence-electron chi connectivity index (χ4n) is 6.45. The molecule has 3 aromatic rings. The third-order valence-corrected chi connectivity index (χ3v) is 9.32. The smallest absolute Gasteiger partial charge is 0.323 e. The van der Waals surface area contributed by atoms with Gasteiger partial charge in [-0.25, -0.2) is 4.79 Å². The van der Waals surface area contributed by atoms with Crippen LogP contribution < -0.4 is 34.3 Å². The van der Waals surface area contributed by atoms with Crippen LogP contribution >= 0.6 is 0 Å². The predicted octanol–water partition coefficient (Wildman–Crippen LogP) is 5.72. The number of nitrogens with zero attached hydrogens (tertiary/aromatic N) is 2. The second-order valence-corrected chi connectivity index (χ2v) is 13.5. The molecule has 51 heavy (non-hydrogen) atoms. The van der Waals surface area contributed by atoms with Gasteiger partial charge in [-0.3, -0.25) is 9.69 Å². The first-order valence-corrected chi connectivity index (χ1v) is 17.6. The summed E-state index contributed by atoms with van der Waals surface area (Å²) in [7, 11) is 2.05. The molecule has 3 aromatic carbocycles. The number of urea groups is 1. The number of benzene rings is 3. The number of likely N-dealkylation sites (N-methyl/N-ethyl adjacent to an activating group) is 1. The Morgan fingerprint density at radius 1 is 0.902 bits per heavy atom. The van der Waals surface area contributed by atoms with Crippen molar-refractivity contribution in [3.8, 4) is 28.7 Å². The number of nitrogens with one attached hydrogen (secondary N) is 2. The van der Waals surface area contributed by atoms with Crippen molar-refractivity contribution in [1.82, 2.24) is 9.80 Å². The highest BCUT2D eigenvalue weighted by molar-refractivity contribution is 6.02. The van der Waals surface area contributed by atoms with Crippen LogP contribution in [-0.4, -0.2) is 92.0 Å². The Hall–Kier alpha value is -4.72. The Kier molecular flexibility index (Phi) is 11.7. The van der Waals surface area contributed by atoms with E-state index in [4.69, 9.17) is 28.4 Å². The summed E-state index contributed by atoms with van der Waals surface area (Å²) in [6, 6.07) is 15.2. The highest BCUT2D eigenvalue weighted by Crippen LogP contribution is 2.35. The van der Waals surface area contributed by atoms with Crippen LogP contribution in [0.4, 0.5) is 16.2 Å².